The van der Waals surface area contributed by atoms with E-state index in [9.17, 15) is 5.11 Å². The first-order valence-electron chi connectivity index (χ1n) is 4.42. The van der Waals surface area contributed by atoms with Gasteiger partial charge in [-0.25, -0.2) is 0 Å². The first kappa shape index (κ1) is 8.85. The van der Waals surface area contributed by atoms with Gasteiger partial charge < -0.3 is 10.8 Å². The molecule has 1 aliphatic rings. The molecule has 0 spiro atoms. The van der Waals surface area contributed by atoms with Gasteiger partial charge in [0, 0.05) is 17.1 Å². The maximum Gasteiger partial charge on any atom is 0.0584 e. The van der Waals surface area contributed by atoms with Gasteiger partial charge in [0.15, 0.2) is 0 Å². The lowest BCUT2D eigenvalue weighted by Gasteiger charge is -2.22. The molecule has 70 valence electrons. The Bertz CT molecular complexity index is 338. The lowest BCUT2D eigenvalue weighted by Crippen LogP contribution is -2.20. The van der Waals surface area contributed by atoms with Crippen LogP contribution in [-0.2, 0) is 12.8 Å². The van der Waals surface area contributed by atoms with E-state index in [1.165, 1.54) is 0 Å². The Labute approximate surface area is 82.3 Å². The molecule has 1 atom stereocenters. The maximum atomic E-state index is 9.47. The van der Waals surface area contributed by atoms with Gasteiger partial charge in [-0.15, -0.1) is 0 Å². The monoisotopic (exact) mass is 197 g/mol. The fourth-order valence-electron chi connectivity index (χ4n) is 1.84. The predicted octanol–water partition coefficient (Wildman–Crippen LogP) is 1.77. The molecule has 0 radical (unpaired) electrons. The van der Waals surface area contributed by atoms with E-state index in [4.69, 9.17) is 17.3 Å². The third-order valence-electron chi connectivity index (χ3n) is 2.58. The van der Waals surface area contributed by atoms with Crippen molar-refractivity contribution in [2.45, 2.75) is 25.4 Å². The second-order valence-electron chi connectivity index (χ2n) is 3.49. The highest BCUT2D eigenvalue weighted by atomic mass is 35.5. The molecule has 3 N–H and O–H groups in total. The van der Waals surface area contributed by atoms with Crippen LogP contribution < -0.4 is 5.73 Å². The van der Waals surface area contributed by atoms with Crippen molar-refractivity contribution in [3.05, 3.63) is 28.3 Å². The highest BCUT2D eigenvalue weighted by Gasteiger charge is 2.20. The lowest BCUT2D eigenvalue weighted by atomic mass is 9.89. The Morgan fingerprint density at radius 2 is 2.15 bits per heavy atom. The number of rotatable bonds is 0. The van der Waals surface area contributed by atoms with Crippen LogP contribution in [0.4, 0.5) is 5.69 Å². The number of aliphatic hydroxyl groups is 1. The molecule has 1 aromatic rings. The normalized spacial score (nSPS) is 21.2. The third-order valence-corrected chi connectivity index (χ3v) is 2.93. The van der Waals surface area contributed by atoms with E-state index >= 15 is 0 Å². The topological polar surface area (TPSA) is 46.2 Å². The van der Waals surface area contributed by atoms with E-state index in [2.05, 4.69) is 0 Å². The Kier molecular flexibility index (Phi) is 2.18. The van der Waals surface area contributed by atoms with Crippen molar-refractivity contribution in [3.63, 3.8) is 0 Å². The van der Waals surface area contributed by atoms with Gasteiger partial charge in [0.2, 0.25) is 0 Å². The Morgan fingerprint density at radius 1 is 1.38 bits per heavy atom. The summed E-state index contributed by atoms with van der Waals surface area (Å²) in [7, 11) is 0. The smallest absolute Gasteiger partial charge is 0.0584 e. The summed E-state index contributed by atoms with van der Waals surface area (Å²) in [6.07, 6.45) is 2.01. The zero-order valence-corrected chi connectivity index (χ0v) is 8.01. The molecule has 2 nitrogen and oxygen atoms in total. The van der Waals surface area contributed by atoms with Crippen LogP contribution >= 0.6 is 11.6 Å². The van der Waals surface area contributed by atoms with Crippen molar-refractivity contribution in [1.29, 1.82) is 0 Å². The highest BCUT2D eigenvalue weighted by molar-refractivity contribution is 6.31. The summed E-state index contributed by atoms with van der Waals surface area (Å²) in [5, 5.41) is 10.2. The number of aliphatic hydroxyl groups excluding tert-OH is 1. The first-order valence-corrected chi connectivity index (χ1v) is 4.80. The SMILES string of the molecule is Nc1ccc(Cl)c2c1CC(O)CC2. The van der Waals surface area contributed by atoms with Crippen molar-refractivity contribution < 1.29 is 5.11 Å². The fraction of sp³-hybridized carbons (Fsp3) is 0.400. The molecule has 0 bridgehead atoms. The van der Waals surface area contributed by atoms with Crippen molar-refractivity contribution in [1.82, 2.24) is 0 Å². The fourth-order valence-corrected chi connectivity index (χ4v) is 2.11. The van der Waals surface area contributed by atoms with Crippen LogP contribution in [0.1, 0.15) is 17.5 Å². The average Bonchev–Trinajstić information content (AvgIpc) is 2.12. The molecule has 1 unspecified atom stereocenters. The number of anilines is 1. The van der Waals surface area contributed by atoms with E-state index < -0.39 is 0 Å². The average molecular weight is 198 g/mol. The van der Waals surface area contributed by atoms with Crippen LogP contribution in [0, 0.1) is 0 Å². The molecule has 0 saturated heterocycles. The Morgan fingerprint density at radius 3 is 2.92 bits per heavy atom. The van der Waals surface area contributed by atoms with Crippen LogP contribution in [0.3, 0.4) is 0 Å². The number of nitrogens with two attached hydrogens (primary N) is 1. The molecule has 0 amide bonds. The summed E-state index contributed by atoms with van der Waals surface area (Å²) >= 11 is 6.02. The molecule has 0 aromatic heterocycles. The van der Waals surface area contributed by atoms with Gasteiger partial charge in [0.05, 0.1) is 6.10 Å². The number of benzene rings is 1. The summed E-state index contributed by atoms with van der Waals surface area (Å²) in [5.74, 6) is 0. The van der Waals surface area contributed by atoms with Crippen LogP contribution in [0.2, 0.25) is 5.02 Å². The number of fused-ring (bicyclic) bond motifs is 1. The quantitative estimate of drug-likeness (QED) is 0.623. The number of hydrogen-bond donors (Lipinski definition) is 2. The van der Waals surface area contributed by atoms with E-state index in [-0.39, 0.29) is 6.10 Å². The van der Waals surface area contributed by atoms with Crippen molar-refractivity contribution in [2.24, 2.45) is 0 Å². The van der Waals surface area contributed by atoms with Crippen LogP contribution in [0.5, 0.6) is 0 Å². The number of halogens is 1. The first-order chi connectivity index (χ1) is 6.18. The predicted molar refractivity (Wildman–Crippen MR) is 53.9 cm³/mol. The molecule has 1 aromatic carbocycles. The molecule has 0 heterocycles. The minimum absolute atomic E-state index is 0.256. The molecular weight excluding hydrogens is 186 g/mol. The molecule has 0 saturated carbocycles. The zero-order chi connectivity index (χ0) is 9.42. The van der Waals surface area contributed by atoms with E-state index in [1.807, 2.05) is 6.07 Å². The van der Waals surface area contributed by atoms with Gasteiger partial charge in [-0.3, -0.25) is 0 Å². The summed E-state index contributed by atoms with van der Waals surface area (Å²) < 4.78 is 0. The zero-order valence-electron chi connectivity index (χ0n) is 7.26. The molecule has 1 aliphatic carbocycles. The van der Waals surface area contributed by atoms with E-state index in [0.717, 1.165) is 34.7 Å². The van der Waals surface area contributed by atoms with Gasteiger partial charge in [-0.05, 0) is 36.1 Å². The molecule has 0 aliphatic heterocycles. The summed E-state index contributed by atoms with van der Waals surface area (Å²) in [5.41, 5.74) is 8.70. The minimum atomic E-state index is -0.256. The summed E-state index contributed by atoms with van der Waals surface area (Å²) in [6, 6.07) is 3.63. The van der Waals surface area contributed by atoms with E-state index in [1.54, 1.807) is 6.07 Å². The number of hydrogen-bond acceptors (Lipinski definition) is 2. The summed E-state index contributed by atoms with van der Waals surface area (Å²) in [4.78, 5) is 0. The van der Waals surface area contributed by atoms with Crippen LogP contribution in [-0.4, -0.2) is 11.2 Å². The molecule has 2 rings (SSSR count). The van der Waals surface area contributed by atoms with Gasteiger partial charge in [0.1, 0.15) is 0 Å². The number of nitrogen functional groups attached to an aromatic ring is 1. The standard InChI is InChI=1S/C10H12ClNO/c11-9-3-4-10(12)8-5-6(13)1-2-7(8)9/h3-4,6,13H,1-2,5,12H2. The Balaban J connectivity index is 2.51. The molecular formula is C10H12ClNO. The van der Waals surface area contributed by atoms with Crippen molar-refractivity contribution in [2.75, 3.05) is 5.73 Å². The van der Waals surface area contributed by atoms with Crippen LogP contribution in [0.15, 0.2) is 12.1 Å². The van der Waals surface area contributed by atoms with Crippen molar-refractivity contribution in [3.8, 4) is 0 Å². The van der Waals surface area contributed by atoms with Gasteiger partial charge >= 0.3 is 0 Å². The lowest BCUT2D eigenvalue weighted by molar-refractivity contribution is 0.159. The van der Waals surface area contributed by atoms with Crippen LogP contribution in [0.25, 0.3) is 0 Å². The molecule has 3 heteroatoms. The largest absolute Gasteiger partial charge is 0.398 e. The van der Waals surface area contributed by atoms with Gasteiger partial charge in [0.25, 0.3) is 0 Å². The Hall–Kier alpha value is -0.730. The minimum Gasteiger partial charge on any atom is -0.398 e. The second kappa shape index (κ2) is 3.20. The third kappa shape index (κ3) is 1.52. The molecule has 13 heavy (non-hydrogen) atoms. The van der Waals surface area contributed by atoms with Crippen molar-refractivity contribution >= 4 is 17.3 Å². The maximum absolute atomic E-state index is 9.47. The van der Waals surface area contributed by atoms with Gasteiger partial charge in [-0.1, -0.05) is 11.6 Å². The van der Waals surface area contributed by atoms with E-state index in [0.29, 0.717) is 6.42 Å². The molecule has 0 fully saturated rings. The summed E-state index contributed by atoms with van der Waals surface area (Å²) in [6.45, 7) is 0. The highest BCUT2D eigenvalue weighted by Crippen LogP contribution is 2.31. The van der Waals surface area contributed by atoms with Gasteiger partial charge in [-0.2, -0.15) is 0 Å². The second-order valence-corrected chi connectivity index (χ2v) is 3.90.